The van der Waals surface area contributed by atoms with Gasteiger partial charge in [0.25, 0.3) is 23.5 Å². The number of unbranched alkanes of at least 4 members (excludes halogenated alkanes) is 2. The summed E-state index contributed by atoms with van der Waals surface area (Å²) in [6.07, 6.45) is 12.5. The predicted octanol–water partition coefficient (Wildman–Crippen LogP) is 8.86. The van der Waals surface area contributed by atoms with Crippen molar-refractivity contribution in [1.82, 2.24) is 30.7 Å². The minimum atomic E-state index is -1.98. The molecule has 0 spiro atoms. The van der Waals surface area contributed by atoms with E-state index in [4.69, 9.17) is 29.7 Å². The number of primary amides is 1. The average Bonchev–Trinajstić information content (AvgIpc) is 1.69. The summed E-state index contributed by atoms with van der Waals surface area (Å²) >= 11 is 1.17. The normalized spacial score (nSPS) is 23.1. The van der Waals surface area contributed by atoms with Crippen LogP contribution >= 0.6 is 11.3 Å². The number of carbonyl (C=O) groups excluding carboxylic acids is 9. The number of Topliss-reactive ketones (excluding diaryl/α,β-unsaturated/α-hetero) is 1. The summed E-state index contributed by atoms with van der Waals surface area (Å²) in [5.41, 5.74) is 7.13. The highest BCUT2D eigenvalue weighted by atomic mass is 32.1. The van der Waals surface area contributed by atoms with Crippen LogP contribution < -0.4 is 47.4 Å². The van der Waals surface area contributed by atoms with Gasteiger partial charge < -0.3 is 71.3 Å². The van der Waals surface area contributed by atoms with E-state index in [0.29, 0.717) is 72.5 Å². The molecule has 3 aromatic carbocycles. The summed E-state index contributed by atoms with van der Waals surface area (Å²) < 4.78 is 24.7. The monoisotopic (exact) mass is 1410 g/mol. The van der Waals surface area contributed by atoms with Crippen molar-refractivity contribution in [2.75, 3.05) is 61.9 Å². The van der Waals surface area contributed by atoms with Gasteiger partial charge in [0.15, 0.2) is 0 Å². The molecule has 0 radical (unpaired) electrons. The number of fused-ring (bicyclic) bond motifs is 2. The van der Waals surface area contributed by atoms with E-state index in [1.165, 1.54) is 50.7 Å². The number of nitrogens with one attached hydrogen (secondary N) is 5. The van der Waals surface area contributed by atoms with E-state index in [-0.39, 0.29) is 130 Å². The number of aromatic nitrogens is 1. The maximum absolute atomic E-state index is 15.1. The second-order valence-electron chi connectivity index (χ2n) is 27.2. The van der Waals surface area contributed by atoms with E-state index >= 15 is 4.79 Å². The van der Waals surface area contributed by atoms with Gasteiger partial charge in [0, 0.05) is 106 Å². The summed E-state index contributed by atoms with van der Waals surface area (Å²) in [5.74, 6) is -6.40. The second-order valence-corrected chi connectivity index (χ2v) is 28.3. The number of nitrogens with two attached hydrogens (primary N) is 1. The Labute approximate surface area is 590 Å². The molecule has 101 heavy (non-hydrogen) atoms. The van der Waals surface area contributed by atoms with E-state index in [1.807, 2.05) is 38.1 Å². The van der Waals surface area contributed by atoms with Crippen molar-refractivity contribution in [2.24, 2.45) is 35.3 Å². The molecule has 0 aromatic heterocycles. The van der Waals surface area contributed by atoms with E-state index in [2.05, 4.69) is 45.3 Å². The quantitative estimate of drug-likeness (QED) is 0.0156. The lowest BCUT2D eigenvalue weighted by atomic mass is 9.82. The van der Waals surface area contributed by atoms with Gasteiger partial charge in [-0.25, -0.2) is 14.6 Å². The number of rotatable bonds is 20. The lowest BCUT2D eigenvalue weighted by Gasteiger charge is -2.35. The highest BCUT2D eigenvalue weighted by molar-refractivity contribution is 7.22. The summed E-state index contributed by atoms with van der Waals surface area (Å²) in [6, 6.07) is 9.37. The number of phenolic OH excluding ortho intramolecular Hbond substituents is 1. The fraction of sp³-hybridized carbons (Fsp3) is 0.473. The Morgan fingerprint density at radius 3 is 2.28 bits per heavy atom. The predicted molar refractivity (Wildman–Crippen MR) is 383 cm³/mol. The Morgan fingerprint density at radius 1 is 0.881 bits per heavy atom. The molecule has 1 saturated heterocycles. The van der Waals surface area contributed by atoms with Crippen LogP contribution in [0.15, 0.2) is 95.6 Å². The number of aromatic hydroxyl groups is 1. The Morgan fingerprint density at radius 2 is 1.59 bits per heavy atom. The molecule has 0 saturated carbocycles. The van der Waals surface area contributed by atoms with Crippen LogP contribution in [0.1, 0.15) is 128 Å². The van der Waals surface area contributed by atoms with Gasteiger partial charge in [0.05, 0.1) is 50.2 Å². The van der Waals surface area contributed by atoms with Gasteiger partial charge >= 0.3 is 17.9 Å². The number of hydrogen-bond acceptors (Lipinski definition) is 19. The minimum absolute atomic E-state index is 0.00405. The first-order valence-electron chi connectivity index (χ1n) is 34.4. The molecule has 26 nitrogen and oxygen atoms in total. The first-order valence-corrected chi connectivity index (χ1v) is 35.2. The average molecular weight is 1410 g/mol. The van der Waals surface area contributed by atoms with Crippen molar-refractivity contribution < 1.29 is 72.3 Å². The summed E-state index contributed by atoms with van der Waals surface area (Å²) in [6.45, 7) is 17.9. The fourth-order valence-corrected chi connectivity index (χ4v) is 14.4. The number of benzene rings is 4. The molecular formula is C74H92N10O16S. The molecule has 9 rings (SSSR count). The molecular weight excluding hydrogens is 1320 g/mol. The first-order chi connectivity index (χ1) is 48.1. The van der Waals surface area contributed by atoms with Crippen LogP contribution in [0.3, 0.4) is 0 Å². The number of imide groups is 1. The van der Waals surface area contributed by atoms with Crippen molar-refractivity contribution in [3.8, 4) is 22.1 Å². The number of ether oxygens (including phenoxy) is 4. The molecule has 3 aromatic rings. The van der Waals surface area contributed by atoms with E-state index in [0.717, 1.165) is 23.4 Å². The summed E-state index contributed by atoms with van der Waals surface area (Å²) in [4.78, 5) is 144. The summed E-state index contributed by atoms with van der Waals surface area (Å²) in [7, 11) is 1.53. The van der Waals surface area contributed by atoms with Crippen LogP contribution in [0.25, 0.3) is 31.6 Å². The molecule has 0 unspecified atom stereocenters. The smallest absolute Gasteiger partial charge is 0.410 e. The van der Waals surface area contributed by atoms with Crippen LogP contribution in [0.5, 0.6) is 11.5 Å². The standard InChI is InChI=1S/C74H92N10O16S/c1-40(2)60(80-54(85)19-12-11-13-30-84-55(86)26-27-56(84)87)71(94)79-51(18-15-29-76-72(75)95)70(93)77-48-22-20-47(21-23-48)39-98-73(96)83-33-31-82(32-34-83)49-24-25-50-53(38-49)101-67-61(78-50)57-58-64(89)46(8)66-59(57)68(91)74(9,100-66)99-35-28-52(97-10)45(7)63(88)44(6)37-42(4)36-41(3)16-14-17-43(5)69(92)81-62(67)65(58)90/h14,16-17,20-28,35,38,40-42,44-45,51-52,60,63,88-89H,11-13,15,18-19,29-34,36-37,39H2,1-10H3,(H,77,93)(H,79,94)(H,80,85)(H,81,92)(H3,75,76,95)/b16-14+,35-28+,43-17-/t41-,42+,44+,45+,51-,52-,60-,63-,74-/m0/s1. The molecule has 9 atom stereocenters. The second kappa shape index (κ2) is 33.2. The largest absolute Gasteiger partial charge is 0.507 e. The number of carbonyl (C=O) groups is 9. The maximum Gasteiger partial charge on any atom is 0.410 e. The van der Waals surface area contributed by atoms with Gasteiger partial charge in [-0.05, 0) is 118 Å². The SMILES string of the molecule is CO[C@H]1/C=C/O[C@@]2(C)Oc3c(C)c(O)c4c(=O)c(c5sc6cc(N7CCN(C(=O)OCc8ccc(NC(=O)[C@H](CCCNC(N)=O)NC(=O)[C@@H](NC(=O)CCCCCN9C(=O)C=CC9=O)C(C)C)cc8)CC7)ccc6nc-5c4c3C2=O)NC(=O)/C(C)=C\C=C\[C@H](C)C[C@@H](C)C[C@@H](C)[C@H](O)[C@@H]1C. The Hall–Kier alpha value is -9.73. The zero-order valence-corrected chi connectivity index (χ0v) is 59.6. The lowest BCUT2D eigenvalue weighted by molar-refractivity contribution is -0.137. The van der Waals surface area contributed by atoms with Gasteiger partial charge in [0.1, 0.15) is 35.9 Å². The number of allylic oxidation sites excluding steroid dienone is 3. The fourth-order valence-electron chi connectivity index (χ4n) is 13.3. The molecule has 1 aliphatic carbocycles. The topological polar surface area (TPSA) is 357 Å². The molecule has 9 N–H and O–H groups in total. The molecule has 5 aliphatic heterocycles. The van der Waals surface area contributed by atoms with Crippen molar-refractivity contribution in [3.63, 3.8) is 0 Å². The Kier molecular flexibility index (Phi) is 24.8. The molecule has 4 bridgehead atoms. The van der Waals surface area contributed by atoms with Crippen LogP contribution in [0.4, 0.5) is 26.7 Å². The number of methoxy groups -OCH3 is 1. The van der Waals surface area contributed by atoms with Crippen molar-refractivity contribution in [1.29, 1.82) is 0 Å². The Balaban J connectivity index is 0.871. The third-order valence-corrected chi connectivity index (χ3v) is 20.2. The molecule has 9 amide bonds. The maximum atomic E-state index is 15.1. The van der Waals surface area contributed by atoms with Crippen LogP contribution in [0.2, 0.25) is 0 Å². The molecule has 27 heteroatoms. The van der Waals surface area contributed by atoms with Crippen molar-refractivity contribution in [3.05, 3.63) is 118 Å². The van der Waals surface area contributed by atoms with E-state index in [1.54, 1.807) is 68.2 Å². The van der Waals surface area contributed by atoms with Gasteiger partial charge in [-0.2, -0.15) is 0 Å². The summed E-state index contributed by atoms with van der Waals surface area (Å²) in [5, 5.41) is 37.1. The highest BCUT2D eigenvalue weighted by Gasteiger charge is 2.50. The number of piperazine rings is 1. The number of nitrogens with zero attached hydrogens (tertiary/aromatic N) is 4. The number of hydrogen-bond donors (Lipinski definition) is 8. The number of phenols is 1. The zero-order valence-electron chi connectivity index (χ0n) is 58.8. The number of amides is 9. The van der Waals surface area contributed by atoms with Gasteiger partial charge in [-0.15, -0.1) is 11.3 Å². The van der Waals surface area contributed by atoms with Crippen LogP contribution in [-0.2, 0) is 49.6 Å². The van der Waals surface area contributed by atoms with Gasteiger partial charge in [0.2, 0.25) is 23.2 Å². The van der Waals surface area contributed by atoms with Gasteiger partial charge in [-0.1, -0.05) is 78.3 Å². The van der Waals surface area contributed by atoms with E-state index in [9.17, 15) is 53.4 Å². The number of ketones is 1. The molecule has 1 fully saturated rings. The van der Waals surface area contributed by atoms with Crippen LogP contribution in [0, 0.1) is 36.5 Å². The Bertz CT molecular complexity index is 4120. The first kappa shape index (κ1) is 75.5. The zero-order chi connectivity index (χ0) is 73.1. The van der Waals surface area contributed by atoms with Crippen molar-refractivity contribution in [2.45, 2.75) is 150 Å². The van der Waals surface area contributed by atoms with E-state index < -0.39 is 76.9 Å². The minimum Gasteiger partial charge on any atom is -0.507 e. The number of anilines is 3. The third-order valence-electron chi connectivity index (χ3n) is 19.1. The number of aliphatic hydroxyl groups excluding tert-OH is 1. The lowest BCUT2D eigenvalue weighted by Crippen LogP contribution is -2.54. The number of aliphatic hydroxyl groups is 1. The molecule has 5 heterocycles. The van der Waals surface area contributed by atoms with Crippen molar-refractivity contribution >= 4 is 103 Å². The van der Waals surface area contributed by atoms with Crippen LogP contribution in [-0.4, -0.2) is 155 Å². The molecule has 6 aliphatic rings. The highest BCUT2D eigenvalue weighted by Crippen LogP contribution is 2.51. The van der Waals surface area contributed by atoms with Gasteiger partial charge in [-0.3, -0.25) is 43.3 Å². The third kappa shape index (κ3) is 17.9. The molecule has 540 valence electrons. The number of urea groups is 1.